The maximum Gasteiger partial charge on any atom is 0.260 e. The highest BCUT2D eigenvalue weighted by molar-refractivity contribution is 5.78. The van der Waals surface area contributed by atoms with Crippen molar-refractivity contribution in [1.82, 2.24) is 14.9 Å². The average molecular weight is 343 g/mol. The summed E-state index contributed by atoms with van der Waals surface area (Å²) < 4.78 is 16.6. The van der Waals surface area contributed by atoms with E-state index in [9.17, 15) is 4.79 Å². The fourth-order valence-corrected chi connectivity index (χ4v) is 2.69. The first-order valence-electron chi connectivity index (χ1n) is 8.15. The van der Waals surface area contributed by atoms with E-state index < -0.39 is 0 Å². The molecule has 1 atom stereocenters. The van der Waals surface area contributed by atoms with Crippen molar-refractivity contribution in [1.29, 1.82) is 0 Å². The number of benzene rings is 1. The molecule has 3 rings (SSSR count). The van der Waals surface area contributed by atoms with E-state index in [0.29, 0.717) is 36.3 Å². The van der Waals surface area contributed by atoms with Gasteiger partial charge < -0.3 is 19.1 Å². The normalized spacial score (nSPS) is 16.6. The lowest BCUT2D eigenvalue weighted by molar-refractivity contribution is -0.132. The molecule has 1 aliphatic heterocycles. The van der Waals surface area contributed by atoms with Crippen LogP contribution in [0.15, 0.2) is 36.5 Å². The fraction of sp³-hybridized carbons (Fsp3) is 0.389. The molecule has 2 heterocycles. The summed E-state index contributed by atoms with van der Waals surface area (Å²) in [6, 6.07) is 8.99. The molecule has 1 saturated heterocycles. The van der Waals surface area contributed by atoms with Crippen molar-refractivity contribution in [2.45, 2.75) is 19.4 Å². The molecule has 132 valence electrons. The number of ether oxygens (including phenoxy) is 3. The van der Waals surface area contributed by atoms with Gasteiger partial charge in [-0.1, -0.05) is 12.1 Å². The molecular formula is C18H21N3O4. The third-order valence-electron chi connectivity index (χ3n) is 3.96. The Morgan fingerprint density at radius 2 is 2.08 bits per heavy atom. The number of para-hydroxylation sites is 2. The number of carbonyl (C=O) groups excluding carboxylic acids is 1. The molecule has 25 heavy (non-hydrogen) atoms. The third-order valence-corrected chi connectivity index (χ3v) is 3.96. The van der Waals surface area contributed by atoms with Crippen LogP contribution in [0.4, 0.5) is 0 Å². The van der Waals surface area contributed by atoms with Crippen LogP contribution in [-0.4, -0.2) is 53.7 Å². The van der Waals surface area contributed by atoms with Crippen LogP contribution < -0.4 is 14.2 Å². The maximum absolute atomic E-state index is 12.3. The number of aromatic nitrogens is 2. The molecule has 1 aromatic heterocycles. The molecule has 2 aromatic rings. The van der Waals surface area contributed by atoms with E-state index in [-0.39, 0.29) is 18.6 Å². The van der Waals surface area contributed by atoms with E-state index in [1.807, 2.05) is 19.1 Å². The molecule has 7 nitrogen and oxygen atoms in total. The average Bonchev–Trinajstić information content (AvgIpc) is 3.08. The minimum atomic E-state index is -0.0733. The van der Waals surface area contributed by atoms with Crippen molar-refractivity contribution >= 4 is 5.91 Å². The van der Waals surface area contributed by atoms with E-state index >= 15 is 0 Å². The summed E-state index contributed by atoms with van der Waals surface area (Å²) in [6.07, 6.45) is 2.37. The number of nitrogens with zero attached hydrogens (tertiary/aromatic N) is 3. The highest BCUT2D eigenvalue weighted by Crippen LogP contribution is 2.26. The molecule has 0 N–H and O–H groups in total. The molecule has 7 heteroatoms. The fourth-order valence-electron chi connectivity index (χ4n) is 2.69. The molecule has 1 unspecified atom stereocenters. The Morgan fingerprint density at radius 1 is 1.28 bits per heavy atom. The van der Waals surface area contributed by atoms with E-state index in [1.54, 1.807) is 36.4 Å². The first-order chi connectivity index (χ1) is 12.2. The van der Waals surface area contributed by atoms with Gasteiger partial charge >= 0.3 is 0 Å². The van der Waals surface area contributed by atoms with Crippen LogP contribution >= 0.6 is 0 Å². The molecule has 0 spiro atoms. The predicted molar refractivity (Wildman–Crippen MR) is 90.9 cm³/mol. The number of hydrogen-bond acceptors (Lipinski definition) is 6. The van der Waals surface area contributed by atoms with Crippen LogP contribution in [0.3, 0.4) is 0 Å². The maximum atomic E-state index is 12.3. The summed E-state index contributed by atoms with van der Waals surface area (Å²) in [5, 5.41) is 0. The summed E-state index contributed by atoms with van der Waals surface area (Å²) in [7, 11) is 1.57. The van der Waals surface area contributed by atoms with Gasteiger partial charge in [-0.3, -0.25) is 4.79 Å². The topological polar surface area (TPSA) is 73.8 Å². The summed E-state index contributed by atoms with van der Waals surface area (Å²) in [5.74, 6) is 2.29. The van der Waals surface area contributed by atoms with Crippen LogP contribution in [0.1, 0.15) is 12.2 Å². The van der Waals surface area contributed by atoms with Crippen LogP contribution in [0.2, 0.25) is 0 Å². The molecule has 1 aromatic carbocycles. The Labute approximate surface area is 146 Å². The molecule has 0 saturated carbocycles. The monoisotopic (exact) mass is 343 g/mol. The number of likely N-dealkylation sites (tertiary alicyclic amines) is 1. The first-order valence-corrected chi connectivity index (χ1v) is 8.15. The van der Waals surface area contributed by atoms with Gasteiger partial charge in [0.15, 0.2) is 18.1 Å². The molecule has 0 aliphatic carbocycles. The van der Waals surface area contributed by atoms with Crippen molar-refractivity contribution < 1.29 is 19.0 Å². The largest absolute Gasteiger partial charge is 0.493 e. The Bertz CT molecular complexity index is 738. The van der Waals surface area contributed by atoms with Gasteiger partial charge in [0, 0.05) is 25.2 Å². The third kappa shape index (κ3) is 4.37. The summed E-state index contributed by atoms with van der Waals surface area (Å²) >= 11 is 0. The van der Waals surface area contributed by atoms with Crippen molar-refractivity contribution in [2.24, 2.45) is 0 Å². The second kappa shape index (κ2) is 7.83. The summed E-state index contributed by atoms with van der Waals surface area (Å²) in [4.78, 5) is 22.4. The molecule has 0 bridgehead atoms. The first kappa shape index (κ1) is 17.0. The number of methoxy groups -OCH3 is 1. The zero-order valence-electron chi connectivity index (χ0n) is 14.3. The Kier molecular flexibility index (Phi) is 5.33. The number of rotatable bonds is 6. The Hall–Kier alpha value is -2.83. The van der Waals surface area contributed by atoms with Gasteiger partial charge in [0.25, 0.3) is 5.91 Å². The van der Waals surface area contributed by atoms with Gasteiger partial charge in [0.05, 0.1) is 13.7 Å². The van der Waals surface area contributed by atoms with Crippen LogP contribution in [0, 0.1) is 6.92 Å². The van der Waals surface area contributed by atoms with E-state index in [2.05, 4.69) is 9.97 Å². The van der Waals surface area contributed by atoms with E-state index in [1.165, 1.54) is 0 Å². The zero-order chi connectivity index (χ0) is 17.6. The molecule has 1 amide bonds. The zero-order valence-corrected chi connectivity index (χ0v) is 14.3. The van der Waals surface area contributed by atoms with Gasteiger partial charge in [-0.2, -0.15) is 4.98 Å². The standard InChI is InChI=1S/C18H21N3O4/c1-13-19-9-7-17(20-13)25-14-8-10-21(11-14)18(22)12-24-16-6-4-3-5-15(16)23-2/h3-7,9,14H,8,10-12H2,1-2H3. The lowest BCUT2D eigenvalue weighted by Crippen LogP contribution is -2.34. The lowest BCUT2D eigenvalue weighted by Gasteiger charge is -2.18. The Morgan fingerprint density at radius 3 is 2.84 bits per heavy atom. The number of carbonyl (C=O) groups is 1. The minimum absolute atomic E-state index is 0.0281. The smallest absolute Gasteiger partial charge is 0.260 e. The van der Waals surface area contributed by atoms with Gasteiger partial charge in [-0.15, -0.1) is 0 Å². The Balaban J connectivity index is 1.50. The van der Waals surface area contributed by atoms with Gasteiger partial charge in [-0.05, 0) is 19.1 Å². The molecule has 1 fully saturated rings. The van der Waals surface area contributed by atoms with Crippen molar-refractivity contribution in [2.75, 3.05) is 26.8 Å². The highest BCUT2D eigenvalue weighted by Gasteiger charge is 2.28. The van der Waals surface area contributed by atoms with Gasteiger partial charge in [0.2, 0.25) is 5.88 Å². The van der Waals surface area contributed by atoms with Crippen molar-refractivity contribution in [3.05, 3.63) is 42.4 Å². The van der Waals surface area contributed by atoms with E-state index in [0.717, 1.165) is 6.42 Å². The number of amides is 1. The van der Waals surface area contributed by atoms with Crippen LogP contribution in [0.25, 0.3) is 0 Å². The lowest BCUT2D eigenvalue weighted by atomic mass is 10.3. The number of hydrogen-bond donors (Lipinski definition) is 0. The predicted octanol–water partition coefficient (Wildman–Crippen LogP) is 1.85. The van der Waals surface area contributed by atoms with Gasteiger partial charge in [-0.25, -0.2) is 4.98 Å². The van der Waals surface area contributed by atoms with E-state index in [4.69, 9.17) is 14.2 Å². The quantitative estimate of drug-likeness (QED) is 0.797. The van der Waals surface area contributed by atoms with Gasteiger partial charge in [0.1, 0.15) is 11.9 Å². The summed E-state index contributed by atoms with van der Waals surface area (Å²) in [6.45, 7) is 2.95. The summed E-state index contributed by atoms with van der Waals surface area (Å²) in [5.41, 5.74) is 0. The minimum Gasteiger partial charge on any atom is -0.493 e. The molecule has 0 radical (unpaired) electrons. The van der Waals surface area contributed by atoms with Crippen LogP contribution in [-0.2, 0) is 4.79 Å². The number of aryl methyl sites for hydroxylation is 1. The molecular weight excluding hydrogens is 322 g/mol. The highest BCUT2D eigenvalue weighted by atomic mass is 16.5. The second-order valence-corrected chi connectivity index (χ2v) is 5.75. The SMILES string of the molecule is COc1ccccc1OCC(=O)N1CCC(Oc2ccnc(C)n2)C1. The molecule has 1 aliphatic rings. The van der Waals surface area contributed by atoms with Crippen molar-refractivity contribution in [3.63, 3.8) is 0 Å². The van der Waals surface area contributed by atoms with Crippen molar-refractivity contribution in [3.8, 4) is 17.4 Å². The van der Waals surface area contributed by atoms with Crippen LogP contribution in [0.5, 0.6) is 17.4 Å². The second-order valence-electron chi connectivity index (χ2n) is 5.75.